The van der Waals surface area contributed by atoms with Gasteiger partial charge in [-0.05, 0) is 30.9 Å². The zero-order valence-corrected chi connectivity index (χ0v) is 12.1. The van der Waals surface area contributed by atoms with Crippen molar-refractivity contribution in [2.24, 2.45) is 5.14 Å². The standard InChI is InChI=1S/C11H19N3O2S2/c1-3-9(7-17-2)14-10-4-8(12)5-11(6-10)18(13,15)16/h4-6,9,14H,3,7,12H2,1-2H3,(H2,13,15,16). The van der Waals surface area contributed by atoms with Gasteiger partial charge in [-0.1, -0.05) is 6.92 Å². The van der Waals surface area contributed by atoms with Gasteiger partial charge in [-0.15, -0.1) is 0 Å². The summed E-state index contributed by atoms with van der Waals surface area (Å²) in [5, 5.41) is 8.36. The Labute approximate surface area is 112 Å². The summed E-state index contributed by atoms with van der Waals surface area (Å²) in [6.45, 7) is 2.07. The van der Waals surface area contributed by atoms with Gasteiger partial charge in [-0.25, -0.2) is 13.6 Å². The first kappa shape index (κ1) is 15.1. The van der Waals surface area contributed by atoms with Crippen molar-refractivity contribution in [2.75, 3.05) is 23.1 Å². The van der Waals surface area contributed by atoms with E-state index < -0.39 is 10.0 Å². The minimum atomic E-state index is -3.73. The number of benzene rings is 1. The predicted octanol–water partition coefficient (Wildman–Crippen LogP) is 1.47. The van der Waals surface area contributed by atoms with Crippen LogP contribution in [0.25, 0.3) is 0 Å². The van der Waals surface area contributed by atoms with Gasteiger partial charge < -0.3 is 11.1 Å². The van der Waals surface area contributed by atoms with Gasteiger partial charge in [0.2, 0.25) is 10.0 Å². The van der Waals surface area contributed by atoms with E-state index in [2.05, 4.69) is 12.2 Å². The molecular formula is C11H19N3O2S2. The van der Waals surface area contributed by atoms with Crippen LogP contribution in [0.2, 0.25) is 0 Å². The molecule has 0 bridgehead atoms. The molecule has 0 radical (unpaired) electrons. The van der Waals surface area contributed by atoms with E-state index in [1.54, 1.807) is 17.8 Å². The molecule has 5 N–H and O–H groups in total. The summed E-state index contributed by atoms with van der Waals surface area (Å²) in [7, 11) is -3.73. The van der Waals surface area contributed by atoms with Gasteiger partial charge >= 0.3 is 0 Å². The molecule has 0 aliphatic heterocycles. The molecular weight excluding hydrogens is 270 g/mol. The van der Waals surface area contributed by atoms with Crippen LogP contribution in [0.5, 0.6) is 0 Å². The van der Waals surface area contributed by atoms with Crippen LogP contribution in [-0.2, 0) is 10.0 Å². The van der Waals surface area contributed by atoms with Crippen molar-refractivity contribution < 1.29 is 8.42 Å². The van der Waals surface area contributed by atoms with Crippen molar-refractivity contribution in [1.29, 1.82) is 0 Å². The molecule has 7 heteroatoms. The number of primary sulfonamides is 1. The van der Waals surface area contributed by atoms with Crippen molar-refractivity contribution in [1.82, 2.24) is 0 Å². The fraction of sp³-hybridized carbons (Fsp3) is 0.455. The number of hydrogen-bond donors (Lipinski definition) is 3. The number of nitrogen functional groups attached to an aromatic ring is 1. The van der Waals surface area contributed by atoms with Gasteiger partial charge in [0, 0.05) is 23.2 Å². The lowest BCUT2D eigenvalue weighted by Crippen LogP contribution is -2.21. The smallest absolute Gasteiger partial charge is 0.238 e. The van der Waals surface area contributed by atoms with Gasteiger partial charge in [0.25, 0.3) is 0 Å². The molecule has 0 spiro atoms. The van der Waals surface area contributed by atoms with Crippen molar-refractivity contribution in [3.05, 3.63) is 18.2 Å². The summed E-state index contributed by atoms with van der Waals surface area (Å²) in [6, 6.07) is 4.85. The van der Waals surface area contributed by atoms with Crippen LogP contribution in [0, 0.1) is 0 Å². The third-order valence-corrected chi connectivity index (χ3v) is 4.12. The third kappa shape index (κ3) is 4.40. The number of nitrogens with two attached hydrogens (primary N) is 2. The van der Waals surface area contributed by atoms with E-state index in [-0.39, 0.29) is 10.9 Å². The molecule has 102 valence electrons. The lowest BCUT2D eigenvalue weighted by molar-refractivity contribution is 0.598. The summed E-state index contributed by atoms with van der Waals surface area (Å²) < 4.78 is 22.6. The molecule has 0 aliphatic carbocycles. The molecule has 18 heavy (non-hydrogen) atoms. The molecule has 0 aliphatic rings. The van der Waals surface area contributed by atoms with E-state index in [9.17, 15) is 8.42 Å². The van der Waals surface area contributed by atoms with Gasteiger partial charge in [0.1, 0.15) is 0 Å². The van der Waals surface area contributed by atoms with Gasteiger partial charge in [0.15, 0.2) is 0 Å². The van der Waals surface area contributed by atoms with Crippen molar-refractivity contribution in [3.8, 4) is 0 Å². The second kappa shape index (κ2) is 6.31. The average molecular weight is 289 g/mol. The van der Waals surface area contributed by atoms with E-state index in [1.807, 2.05) is 6.26 Å². The molecule has 1 aromatic rings. The van der Waals surface area contributed by atoms with Crippen LogP contribution in [0.4, 0.5) is 11.4 Å². The second-order valence-corrected chi connectivity index (χ2v) is 6.51. The molecule has 0 amide bonds. The van der Waals surface area contributed by atoms with E-state index in [0.717, 1.165) is 12.2 Å². The molecule has 1 rings (SSSR count). The third-order valence-electron chi connectivity index (χ3n) is 2.49. The first-order valence-corrected chi connectivity index (χ1v) is 8.49. The van der Waals surface area contributed by atoms with Crippen molar-refractivity contribution in [2.45, 2.75) is 24.3 Å². The number of anilines is 2. The Morgan fingerprint density at radius 2 is 2.06 bits per heavy atom. The minimum Gasteiger partial charge on any atom is -0.399 e. The van der Waals surface area contributed by atoms with Crippen LogP contribution < -0.4 is 16.2 Å². The Hall–Kier alpha value is -0.920. The summed E-state index contributed by atoms with van der Waals surface area (Å²) in [5.74, 6) is 0.940. The molecule has 0 fully saturated rings. The van der Waals surface area contributed by atoms with Crippen molar-refractivity contribution in [3.63, 3.8) is 0 Å². The summed E-state index contributed by atoms with van der Waals surface area (Å²) in [6.07, 6.45) is 2.97. The summed E-state index contributed by atoms with van der Waals surface area (Å²) in [5.41, 5.74) is 6.74. The number of nitrogens with one attached hydrogen (secondary N) is 1. The Bertz CT molecular complexity index is 503. The molecule has 0 heterocycles. The molecule has 0 aromatic heterocycles. The second-order valence-electron chi connectivity index (χ2n) is 4.04. The SMILES string of the molecule is CCC(CSC)Nc1cc(N)cc(S(N)(=O)=O)c1. The molecule has 5 nitrogen and oxygen atoms in total. The predicted molar refractivity (Wildman–Crippen MR) is 78.3 cm³/mol. The normalized spacial score (nSPS) is 13.3. The Morgan fingerprint density at radius 1 is 1.39 bits per heavy atom. The largest absolute Gasteiger partial charge is 0.399 e. The average Bonchev–Trinajstić information content (AvgIpc) is 2.26. The number of sulfonamides is 1. The molecule has 1 aromatic carbocycles. The van der Waals surface area contributed by atoms with Crippen LogP contribution in [0.1, 0.15) is 13.3 Å². The number of thioether (sulfide) groups is 1. The molecule has 0 saturated carbocycles. The Morgan fingerprint density at radius 3 is 2.56 bits per heavy atom. The number of hydrogen-bond acceptors (Lipinski definition) is 5. The first-order chi connectivity index (χ1) is 8.36. The topological polar surface area (TPSA) is 98.2 Å². The van der Waals surface area contributed by atoms with E-state index in [1.165, 1.54) is 12.1 Å². The summed E-state index contributed by atoms with van der Waals surface area (Å²) >= 11 is 1.73. The van der Waals surface area contributed by atoms with E-state index >= 15 is 0 Å². The maximum absolute atomic E-state index is 11.3. The first-order valence-electron chi connectivity index (χ1n) is 5.55. The lowest BCUT2D eigenvalue weighted by Gasteiger charge is -2.18. The van der Waals surface area contributed by atoms with Gasteiger partial charge in [0.05, 0.1) is 4.90 Å². The maximum atomic E-state index is 11.3. The Kier molecular flexibility index (Phi) is 5.30. The monoisotopic (exact) mass is 289 g/mol. The van der Waals surface area contributed by atoms with Gasteiger partial charge in [-0.3, -0.25) is 0 Å². The highest BCUT2D eigenvalue weighted by molar-refractivity contribution is 7.98. The zero-order valence-electron chi connectivity index (χ0n) is 10.5. The van der Waals surface area contributed by atoms with Crippen LogP contribution in [-0.4, -0.2) is 26.5 Å². The highest BCUT2D eigenvalue weighted by Gasteiger charge is 2.12. The fourth-order valence-electron chi connectivity index (χ4n) is 1.57. The lowest BCUT2D eigenvalue weighted by atomic mass is 10.2. The van der Waals surface area contributed by atoms with E-state index in [4.69, 9.17) is 10.9 Å². The number of rotatable bonds is 6. The van der Waals surface area contributed by atoms with Crippen LogP contribution in [0.3, 0.4) is 0 Å². The minimum absolute atomic E-state index is 0.0315. The molecule has 1 unspecified atom stereocenters. The zero-order chi connectivity index (χ0) is 13.8. The molecule has 1 atom stereocenters. The maximum Gasteiger partial charge on any atom is 0.238 e. The van der Waals surface area contributed by atoms with Crippen molar-refractivity contribution >= 4 is 33.2 Å². The Balaban J connectivity index is 2.99. The quantitative estimate of drug-likeness (QED) is 0.689. The van der Waals surface area contributed by atoms with Crippen LogP contribution in [0.15, 0.2) is 23.1 Å². The van der Waals surface area contributed by atoms with Crippen LogP contribution >= 0.6 is 11.8 Å². The highest BCUT2D eigenvalue weighted by Crippen LogP contribution is 2.21. The fourth-order valence-corrected chi connectivity index (χ4v) is 2.88. The highest BCUT2D eigenvalue weighted by atomic mass is 32.2. The van der Waals surface area contributed by atoms with E-state index in [0.29, 0.717) is 11.4 Å². The molecule has 0 saturated heterocycles. The summed E-state index contributed by atoms with van der Waals surface area (Å²) in [4.78, 5) is 0.0315. The van der Waals surface area contributed by atoms with Gasteiger partial charge in [-0.2, -0.15) is 11.8 Å².